The van der Waals surface area contributed by atoms with Crippen LogP contribution in [0.5, 0.6) is 23.1 Å². The maximum absolute atomic E-state index is 5.40. The number of nitrogens with zero attached hydrogens (tertiary/aromatic N) is 2. The van der Waals surface area contributed by atoms with Crippen molar-refractivity contribution in [1.29, 1.82) is 0 Å². The van der Waals surface area contributed by atoms with Crippen molar-refractivity contribution in [2.24, 2.45) is 4.99 Å². The summed E-state index contributed by atoms with van der Waals surface area (Å²) < 4.78 is 21.3. The summed E-state index contributed by atoms with van der Waals surface area (Å²) in [7, 11) is 6.37. The Morgan fingerprint density at radius 3 is 2.21 bits per heavy atom. The molecule has 0 aliphatic rings. The van der Waals surface area contributed by atoms with E-state index >= 15 is 0 Å². The molecule has 2 N–H and O–H groups in total. The fourth-order valence-electron chi connectivity index (χ4n) is 2.60. The first-order valence-electron chi connectivity index (χ1n) is 8.95. The van der Waals surface area contributed by atoms with Gasteiger partial charge in [0.15, 0.2) is 17.5 Å². The Hall–Kier alpha value is -3.16. The topological polar surface area (TPSA) is 86.2 Å². The molecule has 28 heavy (non-hydrogen) atoms. The molecule has 2 rings (SSSR count). The first kappa shape index (κ1) is 21.1. The number of aliphatic imine (C=N–C) groups is 1. The number of guanidine groups is 1. The van der Waals surface area contributed by atoms with E-state index in [1.165, 1.54) is 0 Å². The quantitative estimate of drug-likeness (QED) is 0.504. The van der Waals surface area contributed by atoms with Gasteiger partial charge in [-0.3, -0.25) is 0 Å². The van der Waals surface area contributed by atoms with E-state index in [1.807, 2.05) is 31.2 Å². The Morgan fingerprint density at radius 1 is 0.929 bits per heavy atom. The van der Waals surface area contributed by atoms with E-state index in [2.05, 4.69) is 20.6 Å². The van der Waals surface area contributed by atoms with Gasteiger partial charge in [-0.05, 0) is 36.2 Å². The molecule has 0 atom stereocenters. The van der Waals surface area contributed by atoms with Crippen molar-refractivity contribution >= 4 is 5.96 Å². The van der Waals surface area contributed by atoms with Gasteiger partial charge in [-0.25, -0.2) is 9.98 Å². The van der Waals surface area contributed by atoms with Gasteiger partial charge in [-0.2, -0.15) is 0 Å². The van der Waals surface area contributed by atoms with Crippen LogP contribution in [0, 0.1) is 0 Å². The summed E-state index contributed by atoms with van der Waals surface area (Å²) in [5.41, 5.74) is 1.99. The Kier molecular flexibility index (Phi) is 8.20. The second-order valence-corrected chi connectivity index (χ2v) is 5.79. The van der Waals surface area contributed by atoms with Crippen LogP contribution in [0.25, 0.3) is 0 Å². The molecule has 0 unspecified atom stereocenters. The summed E-state index contributed by atoms with van der Waals surface area (Å²) in [6, 6.07) is 7.60. The van der Waals surface area contributed by atoms with E-state index in [1.54, 1.807) is 34.6 Å². The Morgan fingerprint density at radius 2 is 1.64 bits per heavy atom. The average Bonchev–Trinajstić information content (AvgIpc) is 2.74. The lowest BCUT2D eigenvalue weighted by Crippen LogP contribution is -2.36. The maximum atomic E-state index is 5.40. The number of methoxy groups -OCH3 is 4. The molecule has 0 bridgehead atoms. The highest BCUT2D eigenvalue weighted by atomic mass is 16.5. The normalized spacial score (nSPS) is 11.0. The predicted octanol–water partition coefficient (Wildman–Crippen LogP) is 2.37. The van der Waals surface area contributed by atoms with Gasteiger partial charge in [0.25, 0.3) is 0 Å². The van der Waals surface area contributed by atoms with Crippen molar-refractivity contribution in [3.63, 3.8) is 0 Å². The van der Waals surface area contributed by atoms with Crippen molar-refractivity contribution in [1.82, 2.24) is 15.6 Å². The molecule has 8 nitrogen and oxygen atoms in total. The molecule has 2 aromatic rings. The SMILES string of the molecule is CCNC(=NCc1cc(OC)c(OC)c(OC)c1)NCc1ccnc(OC)c1. The molecule has 0 saturated heterocycles. The van der Waals surface area contributed by atoms with Crippen molar-refractivity contribution in [3.8, 4) is 23.1 Å². The number of nitrogens with one attached hydrogen (secondary N) is 2. The van der Waals surface area contributed by atoms with Gasteiger partial charge in [0.1, 0.15) is 0 Å². The lowest BCUT2D eigenvalue weighted by atomic mass is 10.2. The summed E-state index contributed by atoms with van der Waals surface area (Å²) in [6.07, 6.45) is 1.72. The third kappa shape index (κ3) is 5.67. The van der Waals surface area contributed by atoms with Crippen molar-refractivity contribution < 1.29 is 18.9 Å². The zero-order valence-electron chi connectivity index (χ0n) is 17.0. The molecule has 1 heterocycles. The molecule has 0 aliphatic carbocycles. The zero-order chi connectivity index (χ0) is 20.4. The minimum atomic E-state index is 0.450. The molecule has 1 aromatic heterocycles. The van der Waals surface area contributed by atoms with Gasteiger partial charge in [0, 0.05) is 25.4 Å². The number of hydrogen-bond acceptors (Lipinski definition) is 6. The summed E-state index contributed by atoms with van der Waals surface area (Å²) >= 11 is 0. The number of aromatic nitrogens is 1. The fraction of sp³-hybridized carbons (Fsp3) is 0.400. The Bertz CT molecular complexity index is 771. The van der Waals surface area contributed by atoms with Crippen LogP contribution in [0.2, 0.25) is 0 Å². The highest BCUT2D eigenvalue weighted by Crippen LogP contribution is 2.38. The Balaban J connectivity index is 2.13. The van der Waals surface area contributed by atoms with Crippen LogP contribution >= 0.6 is 0 Å². The second kappa shape index (κ2) is 10.9. The largest absolute Gasteiger partial charge is 0.493 e. The summed E-state index contributed by atoms with van der Waals surface area (Å²) in [5.74, 6) is 3.06. The number of hydrogen-bond donors (Lipinski definition) is 2. The number of pyridine rings is 1. The zero-order valence-corrected chi connectivity index (χ0v) is 17.0. The molecule has 0 saturated carbocycles. The minimum absolute atomic E-state index is 0.450. The van der Waals surface area contributed by atoms with Gasteiger partial charge >= 0.3 is 0 Å². The van der Waals surface area contributed by atoms with E-state index in [9.17, 15) is 0 Å². The van der Waals surface area contributed by atoms with Crippen LogP contribution in [0.1, 0.15) is 18.1 Å². The van der Waals surface area contributed by atoms with Gasteiger partial charge in [0.2, 0.25) is 11.6 Å². The van der Waals surface area contributed by atoms with Gasteiger partial charge < -0.3 is 29.6 Å². The van der Waals surface area contributed by atoms with E-state index in [0.29, 0.717) is 42.2 Å². The van der Waals surface area contributed by atoms with Gasteiger partial charge in [-0.15, -0.1) is 0 Å². The molecule has 0 spiro atoms. The van der Waals surface area contributed by atoms with Gasteiger partial charge in [0.05, 0.1) is 35.0 Å². The van der Waals surface area contributed by atoms with Crippen LogP contribution in [0.3, 0.4) is 0 Å². The van der Waals surface area contributed by atoms with Crippen LogP contribution in [0.15, 0.2) is 35.5 Å². The summed E-state index contributed by atoms with van der Waals surface area (Å²) in [5, 5.41) is 6.54. The first-order valence-corrected chi connectivity index (χ1v) is 8.95. The van der Waals surface area contributed by atoms with Crippen LogP contribution in [0.4, 0.5) is 0 Å². The summed E-state index contributed by atoms with van der Waals surface area (Å²) in [4.78, 5) is 8.76. The smallest absolute Gasteiger partial charge is 0.213 e. The third-order valence-corrected chi connectivity index (χ3v) is 3.96. The standard InChI is InChI=1S/C20H28N4O4/c1-6-21-20(23-12-14-7-8-22-18(11-14)27-4)24-13-15-9-16(25-2)19(28-5)17(10-15)26-3/h7-11H,6,12-13H2,1-5H3,(H2,21,23,24). The third-order valence-electron chi connectivity index (χ3n) is 3.96. The molecular weight excluding hydrogens is 360 g/mol. The lowest BCUT2D eigenvalue weighted by Gasteiger charge is -2.14. The van der Waals surface area contributed by atoms with E-state index in [4.69, 9.17) is 18.9 Å². The predicted molar refractivity (Wildman–Crippen MR) is 109 cm³/mol. The molecule has 0 radical (unpaired) electrons. The molecule has 1 aromatic carbocycles. The molecule has 0 fully saturated rings. The second-order valence-electron chi connectivity index (χ2n) is 5.79. The molecule has 152 valence electrons. The molecule has 0 amide bonds. The number of ether oxygens (including phenoxy) is 4. The van der Waals surface area contributed by atoms with Crippen LogP contribution in [-0.2, 0) is 13.1 Å². The minimum Gasteiger partial charge on any atom is -0.493 e. The monoisotopic (exact) mass is 388 g/mol. The Labute approximate surface area is 165 Å². The lowest BCUT2D eigenvalue weighted by molar-refractivity contribution is 0.324. The van der Waals surface area contributed by atoms with E-state index in [-0.39, 0.29) is 0 Å². The van der Waals surface area contributed by atoms with Crippen molar-refractivity contribution in [3.05, 3.63) is 41.6 Å². The maximum Gasteiger partial charge on any atom is 0.213 e. The highest BCUT2D eigenvalue weighted by molar-refractivity contribution is 5.79. The number of rotatable bonds is 9. The average molecular weight is 388 g/mol. The van der Waals surface area contributed by atoms with Gasteiger partial charge in [-0.1, -0.05) is 0 Å². The van der Waals surface area contributed by atoms with E-state index < -0.39 is 0 Å². The fourth-order valence-corrected chi connectivity index (χ4v) is 2.60. The molecular formula is C20H28N4O4. The van der Waals surface area contributed by atoms with Crippen molar-refractivity contribution in [2.75, 3.05) is 35.0 Å². The number of benzene rings is 1. The highest BCUT2D eigenvalue weighted by Gasteiger charge is 2.13. The van der Waals surface area contributed by atoms with Crippen LogP contribution < -0.4 is 29.6 Å². The first-order chi connectivity index (χ1) is 13.6. The van der Waals surface area contributed by atoms with Crippen LogP contribution in [-0.4, -0.2) is 45.9 Å². The summed E-state index contributed by atoms with van der Waals surface area (Å²) in [6.45, 7) is 3.82. The van der Waals surface area contributed by atoms with E-state index in [0.717, 1.165) is 17.7 Å². The molecule has 0 aliphatic heterocycles. The molecule has 8 heteroatoms. The van der Waals surface area contributed by atoms with Crippen molar-refractivity contribution in [2.45, 2.75) is 20.0 Å².